The van der Waals surface area contributed by atoms with Crippen LogP contribution in [0, 0.1) is 5.92 Å². The minimum absolute atomic E-state index is 0.347. The maximum absolute atomic E-state index is 2.75. The van der Waals surface area contributed by atoms with Crippen LogP contribution in [-0.4, -0.2) is 95.6 Å². The van der Waals surface area contributed by atoms with Crippen molar-refractivity contribution in [3.05, 3.63) is 0 Å². The number of hydrogen-bond donors (Lipinski definition) is 0. The van der Waals surface area contributed by atoms with E-state index in [4.69, 9.17) is 0 Å². The predicted molar refractivity (Wildman–Crippen MR) is 107 cm³/mol. The van der Waals surface area contributed by atoms with Gasteiger partial charge in [-0.2, -0.15) is 0 Å². The standard InChI is InChI=1S/C21H42N4/c1-20(2,3)24-9-7-18(8-10-24)15-22-11-13-23(14-12-22)19-16-25(17-19)21(4,5)6/h18-19H,7-17H2,1-6H3. The minimum atomic E-state index is 0.347. The van der Waals surface area contributed by atoms with Gasteiger partial charge in [-0.15, -0.1) is 0 Å². The van der Waals surface area contributed by atoms with Crippen molar-refractivity contribution in [1.29, 1.82) is 0 Å². The van der Waals surface area contributed by atoms with E-state index in [-0.39, 0.29) is 0 Å². The zero-order chi connectivity index (χ0) is 18.2. The Morgan fingerprint density at radius 1 is 0.680 bits per heavy atom. The molecule has 0 unspecified atom stereocenters. The van der Waals surface area contributed by atoms with Crippen LogP contribution in [-0.2, 0) is 0 Å². The molecular weight excluding hydrogens is 308 g/mol. The minimum Gasteiger partial charge on any atom is -0.301 e. The van der Waals surface area contributed by atoms with Gasteiger partial charge in [-0.3, -0.25) is 14.7 Å². The summed E-state index contributed by atoms with van der Waals surface area (Å²) in [6, 6.07) is 0.816. The molecule has 0 saturated carbocycles. The highest BCUT2D eigenvalue weighted by atomic mass is 15.4. The molecule has 3 heterocycles. The van der Waals surface area contributed by atoms with Crippen molar-refractivity contribution in [2.24, 2.45) is 5.92 Å². The van der Waals surface area contributed by atoms with Crippen molar-refractivity contribution in [2.45, 2.75) is 71.5 Å². The van der Waals surface area contributed by atoms with Gasteiger partial charge in [-0.05, 0) is 73.4 Å². The molecule has 0 aromatic rings. The van der Waals surface area contributed by atoms with Crippen molar-refractivity contribution >= 4 is 0 Å². The van der Waals surface area contributed by atoms with Crippen molar-refractivity contribution in [2.75, 3.05) is 58.9 Å². The maximum Gasteiger partial charge on any atom is 0.0351 e. The Balaban J connectivity index is 1.34. The van der Waals surface area contributed by atoms with Crippen LogP contribution in [0.5, 0.6) is 0 Å². The molecule has 0 aliphatic carbocycles. The number of rotatable bonds is 3. The van der Waals surface area contributed by atoms with Crippen LogP contribution < -0.4 is 0 Å². The molecule has 3 aliphatic heterocycles. The summed E-state index contributed by atoms with van der Waals surface area (Å²) in [5, 5.41) is 0. The van der Waals surface area contributed by atoms with Crippen LogP contribution in [0.3, 0.4) is 0 Å². The number of likely N-dealkylation sites (tertiary alicyclic amines) is 2. The Hall–Kier alpha value is -0.160. The summed E-state index contributed by atoms with van der Waals surface area (Å²) in [6.07, 6.45) is 2.78. The van der Waals surface area contributed by atoms with Crippen molar-refractivity contribution in [3.63, 3.8) is 0 Å². The first-order valence-electron chi connectivity index (χ1n) is 10.6. The molecule has 3 aliphatic rings. The third-order valence-electron chi connectivity index (χ3n) is 6.81. The van der Waals surface area contributed by atoms with E-state index in [9.17, 15) is 0 Å². The second-order valence-corrected chi connectivity index (χ2v) is 10.7. The molecular formula is C21H42N4. The molecule has 3 fully saturated rings. The molecule has 146 valence electrons. The third kappa shape index (κ3) is 4.97. The van der Waals surface area contributed by atoms with Gasteiger partial charge in [0.05, 0.1) is 0 Å². The SMILES string of the molecule is CC(C)(C)N1CCC(CN2CCN(C3CN(C(C)(C)C)C3)CC2)CC1. The van der Waals surface area contributed by atoms with E-state index in [2.05, 4.69) is 61.1 Å². The molecule has 0 amide bonds. The second-order valence-electron chi connectivity index (χ2n) is 10.7. The van der Waals surface area contributed by atoms with E-state index < -0.39 is 0 Å². The predicted octanol–water partition coefficient (Wildman–Crippen LogP) is 2.60. The molecule has 3 saturated heterocycles. The second kappa shape index (κ2) is 7.46. The lowest BCUT2D eigenvalue weighted by atomic mass is 9.92. The molecule has 25 heavy (non-hydrogen) atoms. The quantitative estimate of drug-likeness (QED) is 0.775. The molecule has 3 rings (SSSR count). The van der Waals surface area contributed by atoms with Crippen LogP contribution in [0.15, 0.2) is 0 Å². The summed E-state index contributed by atoms with van der Waals surface area (Å²) < 4.78 is 0. The average Bonchev–Trinajstić information content (AvgIpc) is 2.46. The first-order chi connectivity index (χ1) is 11.6. The van der Waals surface area contributed by atoms with E-state index >= 15 is 0 Å². The Morgan fingerprint density at radius 2 is 1.20 bits per heavy atom. The van der Waals surface area contributed by atoms with Gasteiger partial charge in [0.1, 0.15) is 0 Å². The van der Waals surface area contributed by atoms with E-state index in [0.29, 0.717) is 11.1 Å². The summed E-state index contributed by atoms with van der Waals surface area (Å²) in [6.45, 7) is 25.7. The summed E-state index contributed by atoms with van der Waals surface area (Å²) in [4.78, 5) is 10.8. The van der Waals surface area contributed by atoms with Gasteiger partial charge in [0.15, 0.2) is 0 Å². The Bertz CT molecular complexity index is 414. The highest BCUT2D eigenvalue weighted by Gasteiger charge is 2.38. The number of hydrogen-bond acceptors (Lipinski definition) is 4. The molecule has 0 radical (unpaired) electrons. The smallest absolute Gasteiger partial charge is 0.0351 e. The molecule has 0 N–H and O–H groups in total. The van der Waals surface area contributed by atoms with E-state index in [1.807, 2.05) is 0 Å². The van der Waals surface area contributed by atoms with Gasteiger partial charge in [0.25, 0.3) is 0 Å². The molecule has 0 bridgehead atoms. The zero-order valence-corrected chi connectivity index (χ0v) is 17.7. The molecule has 0 spiro atoms. The third-order valence-corrected chi connectivity index (χ3v) is 6.81. The zero-order valence-electron chi connectivity index (χ0n) is 17.7. The first kappa shape index (κ1) is 19.6. The van der Waals surface area contributed by atoms with Crippen LogP contribution in [0.1, 0.15) is 54.4 Å². The highest BCUT2D eigenvalue weighted by Crippen LogP contribution is 2.27. The van der Waals surface area contributed by atoms with Crippen LogP contribution >= 0.6 is 0 Å². The fourth-order valence-electron chi connectivity index (χ4n) is 4.70. The molecule has 0 aromatic carbocycles. The van der Waals surface area contributed by atoms with Gasteiger partial charge < -0.3 is 4.90 Å². The van der Waals surface area contributed by atoms with E-state index in [1.54, 1.807) is 0 Å². The normalized spacial score (nSPS) is 27.6. The van der Waals surface area contributed by atoms with Gasteiger partial charge in [-0.1, -0.05) is 0 Å². The van der Waals surface area contributed by atoms with Crippen LogP contribution in [0.25, 0.3) is 0 Å². The van der Waals surface area contributed by atoms with Crippen molar-refractivity contribution in [1.82, 2.24) is 19.6 Å². The molecule has 0 atom stereocenters. The van der Waals surface area contributed by atoms with Crippen molar-refractivity contribution in [3.8, 4) is 0 Å². The first-order valence-corrected chi connectivity index (χ1v) is 10.6. The molecule has 4 heteroatoms. The van der Waals surface area contributed by atoms with Gasteiger partial charge in [-0.25, -0.2) is 0 Å². The Kier molecular flexibility index (Phi) is 5.85. The van der Waals surface area contributed by atoms with E-state index in [1.165, 1.54) is 71.7 Å². The maximum atomic E-state index is 2.75. The lowest BCUT2D eigenvalue weighted by Gasteiger charge is -2.53. The van der Waals surface area contributed by atoms with Gasteiger partial charge in [0.2, 0.25) is 0 Å². The lowest BCUT2D eigenvalue weighted by Crippen LogP contribution is -2.66. The molecule has 0 aromatic heterocycles. The monoisotopic (exact) mass is 350 g/mol. The van der Waals surface area contributed by atoms with Crippen LogP contribution in [0.4, 0.5) is 0 Å². The van der Waals surface area contributed by atoms with Gasteiger partial charge >= 0.3 is 0 Å². The summed E-state index contributed by atoms with van der Waals surface area (Å²) >= 11 is 0. The van der Waals surface area contributed by atoms with Crippen molar-refractivity contribution < 1.29 is 0 Å². The topological polar surface area (TPSA) is 13.0 Å². The van der Waals surface area contributed by atoms with Crippen LogP contribution in [0.2, 0.25) is 0 Å². The van der Waals surface area contributed by atoms with E-state index in [0.717, 1.165) is 12.0 Å². The Morgan fingerprint density at radius 3 is 1.68 bits per heavy atom. The summed E-state index contributed by atoms with van der Waals surface area (Å²) in [5.74, 6) is 0.922. The Labute approximate surface area is 156 Å². The average molecular weight is 351 g/mol. The fourth-order valence-corrected chi connectivity index (χ4v) is 4.70. The largest absolute Gasteiger partial charge is 0.301 e. The number of piperidine rings is 1. The fraction of sp³-hybridized carbons (Fsp3) is 1.00. The number of nitrogens with zero attached hydrogens (tertiary/aromatic N) is 4. The van der Waals surface area contributed by atoms with Gasteiger partial charge in [0, 0.05) is 62.9 Å². The lowest BCUT2D eigenvalue weighted by molar-refractivity contribution is -0.0399. The summed E-state index contributed by atoms with van der Waals surface area (Å²) in [7, 11) is 0. The summed E-state index contributed by atoms with van der Waals surface area (Å²) in [5.41, 5.74) is 0.695. The number of piperazine rings is 1. The highest BCUT2D eigenvalue weighted by molar-refractivity contribution is 4.95. The molecule has 4 nitrogen and oxygen atoms in total.